The van der Waals surface area contributed by atoms with E-state index in [1.54, 1.807) is 20.8 Å². The van der Waals surface area contributed by atoms with E-state index in [0.717, 1.165) is 13.2 Å². The van der Waals surface area contributed by atoms with Crippen LogP contribution in [-0.2, 0) is 9.53 Å². The SMILES string of the molecule is COc1c([C@H]2C(C(=O)O)OC(C)(C)[C@H]2C)cc(O)c(F)c1F. The van der Waals surface area contributed by atoms with E-state index in [1.807, 2.05) is 0 Å². The van der Waals surface area contributed by atoms with Crippen LogP contribution in [0.25, 0.3) is 0 Å². The second-order valence-corrected chi connectivity index (χ2v) is 5.94. The molecule has 22 heavy (non-hydrogen) atoms. The Morgan fingerprint density at radius 2 is 1.95 bits per heavy atom. The van der Waals surface area contributed by atoms with Gasteiger partial charge in [0.2, 0.25) is 11.6 Å². The number of aliphatic carboxylic acids is 1. The third-order valence-electron chi connectivity index (χ3n) is 4.37. The Hall–Kier alpha value is -1.89. The number of carboxylic acids is 1. The lowest BCUT2D eigenvalue weighted by molar-refractivity contribution is -0.153. The maximum absolute atomic E-state index is 14.0. The normalized spacial score (nSPS) is 26.9. The van der Waals surface area contributed by atoms with Crippen molar-refractivity contribution >= 4 is 5.97 Å². The van der Waals surface area contributed by atoms with Gasteiger partial charge in [-0.05, 0) is 25.8 Å². The summed E-state index contributed by atoms with van der Waals surface area (Å²) in [6.07, 6.45) is -1.25. The van der Waals surface area contributed by atoms with Gasteiger partial charge < -0.3 is 19.7 Å². The number of methoxy groups -OCH3 is 1. The third kappa shape index (κ3) is 2.39. The fourth-order valence-electron chi connectivity index (χ4n) is 2.91. The molecule has 2 rings (SSSR count). The molecular weight excluding hydrogens is 298 g/mol. The zero-order chi connectivity index (χ0) is 16.8. The van der Waals surface area contributed by atoms with E-state index in [4.69, 9.17) is 9.47 Å². The topological polar surface area (TPSA) is 76.0 Å². The van der Waals surface area contributed by atoms with Gasteiger partial charge in [-0.1, -0.05) is 6.92 Å². The maximum atomic E-state index is 14.0. The van der Waals surface area contributed by atoms with E-state index >= 15 is 0 Å². The Balaban J connectivity index is 2.65. The molecule has 1 heterocycles. The van der Waals surface area contributed by atoms with Gasteiger partial charge in [-0.25, -0.2) is 4.79 Å². The minimum absolute atomic E-state index is 0.0735. The molecule has 1 aromatic rings. The highest BCUT2D eigenvalue weighted by Gasteiger charge is 2.52. The van der Waals surface area contributed by atoms with Crippen LogP contribution in [0.15, 0.2) is 6.07 Å². The van der Waals surface area contributed by atoms with Crippen molar-refractivity contribution in [3.8, 4) is 11.5 Å². The number of phenolic OH excluding ortho intramolecular Hbond substituents is 1. The van der Waals surface area contributed by atoms with E-state index in [-0.39, 0.29) is 11.5 Å². The van der Waals surface area contributed by atoms with Gasteiger partial charge in [-0.2, -0.15) is 8.78 Å². The molecule has 1 fully saturated rings. The zero-order valence-electron chi connectivity index (χ0n) is 12.7. The molecule has 1 aliphatic heterocycles. The number of phenols is 1. The molecule has 0 aromatic heterocycles. The van der Waals surface area contributed by atoms with E-state index in [0.29, 0.717) is 0 Å². The van der Waals surface area contributed by atoms with Gasteiger partial charge in [-0.15, -0.1) is 0 Å². The quantitative estimate of drug-likeness (QED) is 0.896. The molecule has 1 aromatic carbocycles. The molecule has 0 amide bonds. The van der Waals surface area contributed by atoms with E-state index in [2.05, 4.69) is 0 Å². The molecule has 0 spiro atoms. The standard InChI is InChI=1S/C15H18F2O5/c1-6-9(13(14(19)20)22-15(6,2)3)7-5-8(18)10(16)11(17)12(7)21-4/h5-6,9,13,18H,1-4H3,(H,19,20)/t6-,9-,13?/m0/s1. The molecule has 7 heteroatoms. The summed E-state index contributed by atoms with van der Waals surface area (Å²) in [6.45, 7) is 5.20. The highest BCUT2D eigenvalue weighted by molar-refractivity contribution is 5.75. The van der Waals surface area contributed by atoms with E-state index in [1.165, 1.54) is 0 Å². The summed E-state index contributed by atoms with van der Waals surface area (Å²) in [6, 6.07) is 0.999. The summed E-state index contributed by atoms with van der Waals surface area (Å²) in [5.41, 5.74) is -0.705. The number of hydrogen-bond acceptors (Lipinski definition) is 4. The number of rotatable bonds is 3. The first-order chi connectivity index (χ1) is 10.1. The lowest BCUT2D eigenvalue weighted by atomic mass is 9.78. The van der Waals surface area contributed by atoms with Crippen molar-refractivity contribution in [2.24, 2.45) is 5.92 Å². The average Bonchev–Trinajstić information content (AvgIpc) is 2.67. The van der Waals surface area contributed by atoms with Crippen molar-refractivity contribution in [3.63, 3.8) is 0 Å². The summed E-state index contributed by atoms with van der Waals surface area (Å²) < 4.78 is 37.9. The Kier molecular flexibility index (Phi) is 4.04. The molecule has 1 aliphatic rings. The van der Waals surface area contributed by atoms with Gasteiger partial charge in [0.15, 0.2) is 17.6 Å². The summed E-state index contributed by atoms with van der Waals surface area (Å²) in [7, 11) is 1.15. The van der Waals surface area contributed by atoms with Crippen molar-refractivity contribution in [2.45, 2.75) is 38.4 Å². The number of carboxylic acid groups (broad SMARTS) is 1. The molecule has 1 unspecified atom stereocenters. The number of aromatic hydroxyl groups is 1. The highest BCUT2D eigenvalue weighted by atomic mass is 19.2. The van der Waals surface area contributed by atoms with Gasteiger partial charge in [0.05, 0.1) is 12.7 Å². The van der Waals surface area contributed by atoms with Crippen molar-refractivity contribution in [1.82, 2.24) is 0 Å². The maximum Gasteiger partial charge on any atom is 0.333 e. The molecule has 0 saturated carbocycles. The summed E-state index contributed by atoms with van der Waals surface area (Å²) >= 11 is 0. The monoisotopic (exact) mass is 316 g/mol. The van der Waals surface area contributed by atoms with Gasteiger partial charge in [0.25, 0.3) is 0 Å². The highest BCUT2D eigenvalue weighted by Crippen LogP contribution is 2.50. The van der Waals surface area contributed by atoms with Crippen LogP contribution >= 0.6 is 0 Å². The van der Waals surface area contributed by atoms with Crippen LogP contribution in [0.3, 0.4) is 0 Å². The fraction of sp³-hybridized carbons (Fsp3) is 0.533. The first-order valence-corrected chi connectivity index (χ1v) is 6.77. The number of carbonyl (C=O) groups is 1. The van der Waals surface area contributed by atoms with Crippen LogP contribution in [0, 0.1) is 17.6 Å². The molecule has 122 valence electrons. The van der Waals surface area contributed by atoms with Crippen LogP contribution in [0.1, 0.15) is 32.3 Å². The van der Waals surface area contributed by atoms with Gasteiger partial charge in [0.1, 0.15) is 0 Å². The minimum Gasteiger partial charge on any atom is -0.505 e. The Morgan fingerprint density at radius 3 is 2.45 bits per heavy atom. The van der Waals surface area contributed by atoms with Crippen LogP contribution in [0.4, 0.5) is 8.78 Å². The number of ether oxygens (including phenoxy) is 2. The van der Waals surface area contributed by atoms with E-state index in [9.17, 15) is 23.8 Å². The lowest BCUT2D eigenvalue weighted by Gasteiger charge is -2.25. The smallest absolute Gasteiger partial charge is 0.333 e. The summed E-state index contributed by atoms with van der Waals surface area (Å²) in [5, 5.41) is 18.9. The first-order valence-electron chi connectivity index (χ1n) is 6.77. The van der Waals surface area contributed by atoms with Crippen LogP contribution in [0.5, 0.6) is 11.5 Å². The average molecular weight is 316 g/mol. The number of halogens is 2. The zero-order valence-corrected chi connectivity index (χ0v) is 12.7. The molecular formula is C15H18F2O5. The Bertz CT molecular complexity index is 614. The van der Waals surface area contributed by atoms with Crippen molar-refractivity contribution in [2.75, 3.05) is 7.11 Å². The lowest BCUT2D eigenvalue weighted by Crippen LogP contribution is -2.27. The number of benzene rings is 1. The Labute approximate surface area is 126 Å². The second-order valence-electron chi connectivity index (χ2n) is 5.94. The van der Waals surface area contributed by atoms with Crippen molar-refractivity contribution in [1.29, 1.82) is 0 Å². The molecule has 0 radical (unpaired) electrons. The second kappa shape index (κ2) is 5.39. The third-order valence-corrected chi connectivity index (χ3v) is 4.37. The first kappa shape index (κ1) is 16.5. The predicted molar refractivity (Wildman–Crippen MR) is 73.1 cm³/mol. The summed E-state index contributed by atoms with van der Waals surface area (Å²) in [5.74, 6) is -6.42. The van der Waals surface area contributed by atoms with E-state index < -0.39 is 46.7 Å². The van der Waals surface area contributed by atoms with Crippen LogP contribution in [0.2, 0.25) is 0 Å². The van der Waals surface area contributed by atoms with Gasteiger partial charge >= 0.3 is 5.97 Å². The minimum atomic E-state index is -1.43. The molecule has 2 N–H and O–H groups in total. The molecule has 1 saturated heterocycles. The van der Waals surface area contributed by atoms with Crippen LogP contribution < -0.4 is 4.74 Å². The largest absolute Gasteiger partial charge is 0.505 e. The van der Waals surface area contributed by atoms with Crippen LogP contribution in [-0.4, -0.2) is 35.0 Å². The van der Waals surface area contributed by atoms with Crippen molar-refractivity contribution in [3.05, 3.63) is 23.3 Å². The van der Waals surface area contributed by atoms with Gasteiger partial charge in [-0.3, -0.25) is 0 Å². The Morgan fingerprint density at radius 1 is 1.36 bits per heavy atom. The van der Waals surface area contributed by atoms with Crippen molar-refractivity contribution < 1.29 is 33.3 Å². The fourth-order valence-corrected chi connectivity index (χ4v) is 2.91. The molecule has 5 nitrogen and oxygen atoms in total. The summed E-state index contributed by atoms with van der Waals surface area (Å²) in [4.78, 5) is 11.5. The number of hydrogen-bond donors (Lipinski definition) is 2. The van der Waals surface area contributed by atoms with Gasteiger partial charge in [0, 0.05) is 11.5 Å². The molecule has 3 atom stereocenters. The predicted octanol–water partition coefficient (Wildman–Crippen LogP) is 2.66. The molecule has 0 bridgehead atoms. The molecule has 0 aliphatic carbocycles.